The van der Waals surface area contributed by atoms with E-state index in [0.717, 1.165) is 12.8 Å². The summed E-state index contributed by atoms with van der Waals surface area (Å²) in [5.41, 5.74) is 0. The molecule has 0 saturated heterocycles. The van der Waals surface area contributed by atoms with E-state index in [1.807, 2.05) is 0 Å². The van der Waals surface area contributed by atoms with Crippen LogP contribution in [0.1, 0.15) is 47.0 Å². The lowest BCUT2D eigenvalue weighted by Crippen LogP contribution is -2.39. The van der Waals surface area contributed by atoms with Gasteiger partial charge in [0.15, 0.2) is 6.29 Å². The summed E-state index contributed by atoms with van der Waals surface area (Å²) in [5.74, 6) is 1.73. The molecule has 1 aliphatic rings. The van der Waals surface area contributed by atoms with Gasteiger partial charge in [-0.25, -0.2) is 0 Å². The van der Waals surface area contributed by atoms with Crippen LogP contribution in [0.3, 0.4) is 0 Å². The normalized spacial score (nSPS) is 35.1. The first kappa shape index (κ1) is 13.9. The Morgan fingerprint density at radius 3 is 2.25 bits per heavy atom. The molecule has 5 atom stereocenters. The number of aliphatic hydroxyl groups is 2. The molecule has 1 fully saturated rings. The zero-order valence-corrected chi connectivity index (χ0v) is 10.9. The number of hydrogen-bond donors (Lipinski definition) is 2. The SMILES string of the molecule is CC(C)C1CC[C@@H](C)CC1O[C@@H](O)[C@H](C)O. The van der Waals surface area contributed by atoms with E-state index in [1.165, 1.54) is 6.42 Å². The first-order valence-electron chi connectivity index (χ1n) is 6.43. The van der Waals surface area contributed by atoms with E-state index in [4.69, 9.17) is 4.74 Å². The number of ether oxygens (including phenoxy) is 1. The summed E-state index contributed by atoms with van der Waals surface area (Å²) in [7, 11) is 0. The maximum absolute atomic E-state index is 9.59. The van der Waals surface area contributed by atoms with Crippen LogP contribution in [0.4, 0.5) is 0 Å². The summed E-state index contributed by atoms with van der Waals surface area (Å²) < 4.78 is 5.60. The largest absolute Gasteiger partial charge is 0.388 e. The molecule has 16 heavy (non-hydrogen) atoms. The van der Waals surface area contributed by atoms with Gasteiger partial charge < -0.3 is 14.9 Å². The van der Waals surface area contributed by atoms with Crippen LogP contribution in [0, 0.1) is 17.8 Å². The predicted molar refractivity (Wildman–Crippen MR) is 63.9 cm³/mol. The molecule has 0 aromatic carbocycles. The fourth-order valence-corrected chi connectivity index (χ4v) is 2.56. The van der Waals surface area contributed by atoms with Gasteiger partial charge in [0.1, 0.15) is 6.10 Å². The highest BCUT2D eigenvalue weighted by atomic mass is 16.6. The highest BCUT2D eigenvalue weighted by Gasteiger charge is 2.33. The zero-order valence-electron chi connectivity index (χ0n) is 10.9. The minimum atomic E-state index is -1.04. The Bertz CT molecular complexity index is 203. The van der Waals surface area contributed by atoms with Gasteiger partial charge >= 0.3 is 0 Å². The molecule has 0 aromatic rings. The Hall–Kier alpha value is -0.120. The van der Waals surface area contributed by atoms with Crippen LogP contribution in [0.2, 0.25) is 0 Å². The first-order chi connectivity index (χ1) is 7.41. The van der Waals surface area contributed by atoms with Gasteiger partial charge in [0.2, 0.25) is 0 Å². The van der Waals surface area contributed by atoms with Crippen molar-refractivity contribution < 1.29 is 14.9 Å². The summed E-state index contributed by atoms with van der Waals surface area (Å²) >= 11 is 0. The summed E-state index contributed by atoms with van der Waals surface area (Å²) in [6.07, 6.45) is 1.63. The summed E-state index contributed by atoms with van der Waals surface area (Å²) in [6.45, 7) is 8.18. The van der Waals surface area contributed by atoms with Crippen molar-refractivity contribution in [1.29, 1.82) is 0 Å². The molecule has 1 rings (SSSR count). The molecule has 1 saturated carbocycles. The molecular weight excluding hydrogens is 204 g/mol. The Labute approximate surface area is 98.8 Å². The second-order valence-corrected chi connectivity index (χ2v) is 5.63. The molecule has 0 aromatic heterocycles. The maximum Gasteiger partial charge on any atom is 0.180 e. The van der Waals surface area contributed by atoms with Crippen LogP contribution >= 0.6 is 0 Å². The van der Waals surface area contributed by atoms with Crippen LogP contribution in [-0.2, 0) is 4.74 Å². The van der Waals surface area contributed by atoms with E-state index in [1.54, 1.807) is 6.92 Å². The Balaban J connectivity index is 2.57. The van der Waals surface area contributed by atoms with Crippen LogP contribution in [0.5, 0.6) is 0 Å². The highest BCUT2D eigenvalue weighted by Crippen LogP contribution is 2.35. The second-order valence-electron chi connectivity index (χ2n) is 5.63. The van der Waals surface area contributed by atoms with E-state index < -0.39 is 12.4 Å². The maximum atomic E-state index is 9.59. The molecule has 3 nitrogen and oxygen atoms in total. The highest BCUT2D eigenvalue weighted by molar-refractivity contribution is 4.81. The monoisotopic (exact) mass is 230 g/mol. The second kappa shape index (κ2) is 5.99. The zero-order chi connectivity index (χ0) is 12.3. The molecule has 2 N–H and O–H groups in total. The lowest BCUT2D eigenvalue weighted by atomic mass is 9.75. The van der Waals surface area contributed by atoms with E-state index in [2.05, 4.69) is 20.8 Å². The predicted octanol–water partition coefficient (Wildman–Crippen LogP) is 2.16. The number of rotatable bonds is 4. The Morgan fingerprint density at radius 2 is 1.75 bits per heavy atom. The molecule has 1 aliphatic carbocycles. The Morgan fingerprint density at radius 1 is 1.12 bits per heavy atom. The molecule has 3 heteroatoms. The van der Waals surface area contributed by atoms with Gasteiger partial charge in [-0.1, -0.05) is 27.2 Å². The summed E-state index contributed by atoms with van der Waals surface area (Å²) in [4.78, 5) is 0. The van der Waals surface area contributed by atoms with Crippen molar-refractivity contribution in [3.8, 4) is 0 Å². The van der Waals surface area contributed by atoms with E-state index in [9.17, 15) is 10.2 Å². The lowest BCUT2D eigenvalue weighted by molar-refractivity contribution is -0.206. The topological polar surface area (TPSA) is 49.7 Å². The van der Waals surface area contributed by atoms with Crippen molar-refractivity contribution >= 4 is 0 Å². The van der Waals surface area contributed by atoms with Crippen molar-refractivity contribution in [2.24, 2.45) is 17.8 Å². The summed E-state index contributed by atoms with van der Waals surface area (Å²) in [5, 5.41) is 18.9. The third-order valence-electron chi connectivity index (χ3n) is 3.69. The molecule has 0 radical (unpaired) electrons. The molecule has 0 spiro atoms. The molecule has 0 bridgehead atoms. The van der Waals surface area contributed by atoms with Crippen molar-refractivity contribution in [3.63, 3.8) is 0 Å². The van der Waals surface area contributed by atoms with Crippen LogP contribution < -0.4 is 0 Å². The van der Waals surface area contributed by atoms with Crippen LogP contribution in [-0.4, -0.2) is 28.7 Å². The van der Waals surface area contributed by atoms with Crippen molar-refractivity contribution in [3.05, 3.63) is 0 Å². The average molecular weight is 230 g/mol. The minimum absolute atomic E-state index is 0.0911. The third-order valence-corrected chi connectivity index (χ3v) is 3.69. The van der Waals surface area contributed by atoms with E-state index >= 15 is 0 Å². The Kier molecular flexibility index (Phi) is 5.22. The third kappa shape index (κ3) is 3.72. The van der Waals surface area contributed by atoms with Gasteiger partial charge in [-0.05, 0) is 37.5 Å². The first-order valence-corrected chi connectivity index (χ1v) is 6.43. The minimum Gasteiger partial charge on any atom is -0.388 e. The quantitative estimate of drug-likeness (QED) is 0.728. The van der Waals surface area contributed by atoms with Gasteiger partial charge in [0.05, 0.1) is 6.10 Å². The van der Waals surface area contributed by atoms with Crippen molar-refractivity contribution in [1.82, 2.24) is 0 Å². The lowest BCUT2D eigenvalue weighted by Gasteiger charge is -2.38. The molecule has 2 unspecified atom stereocenters. The standard InChI is InChI=1S/C13H26O3/c1-8(2)11-6-5-9(3)7-12(11)16-13(15)10(4)14/h8-15H,5-7H2,1-4H3/t9-,10+,11?,12?,13-/m1/s1. The molecule has 96 valence electrons. The van der Waals surface area contributed by atoms with Crippen molar-refractivity contribution in [2.45, 2.75) is 65.5 Å². The molecule has 0 heterocycles. The fourth-order valence-electron chi connectivity index (χ4n) is 2.56. The van der Waals surface area contributed by atoms with E-state index in [-0.39, 0.29) is 6.10 Å². The molecule has 0 aliphatic heterocycles. The van der Waals surface area contributed by atoms with Crippen molar-refractivity contribution in [2.75, 3.05) is 0 Å². The smallest absolute Gasteiger partial charge is 0.180 e. The van der Waals surface area contributed by atoms with Crippen LogP contribution in [0.25, 0.3) is 0 Å². The van der Waals surface area contributed by atoms with Gasteiger partial charge in [0.25, 0.3) is 0 Å². The van der Waals surface area contributed by atoms with Gasteiger partial charge in [0, 0.05) is 0 Å². The average Bonchev–Trinajstić information content (AvgIpc) is 2.16. The van der Waals surface area contributed by atoms with E-state index in [0.29, 0.717) is 17.8 Å². The number of hydrogen-bond acceptors (Lipinski definition) is 3. The fraction of sp³-hybridized carbons (Fsp3) is 1.00. The molecular formula is C13H26O3. The van der Waals surface area contributed by atoms with Gasteiger partial charge in [-0.3, -0.25) is 0 Å². The van der Waals surface area contributed by atoms with Crippen LogP contribution in [0.15, 0.2) is 0 Å². The molecule has 0 amide bonds. The van der Waals surface area contributed by atoms with Gasteiger partial charge in [-0.2, -0.15) is 0 Å². The number of aliphatic hydroxyl groups excluding tert-OH is 2. The van der Waals surface area contributed by atoms with Gasteiger partial charge in [-0.15, -0.1) is 0 Å². The summed E-state index contributed by atoms with van der Waals surface area (Å²) in [6, 6.07) is 0.